The lowest BCUT2D eigenvalue weighted by molar-refractivity contribution is -0.410. The molecule has 0 radical (unpaired) electrons. The molecule has 0 unspecified atom stereocenters. The van der Waals surface area contributed by atoms with E-state index in [1.807, 2.05) is 0 Å². The first-order valence-corrected chi connectivity index (χ1v) is 4.33. The minimum atomic E-state index is -0.642. The highest BCUT2D eigenvalue weighted by Gasteiger charge is 2.37. The lowest BCUT2D eigenvalue weighted by Crippen LogP contribution is -2.45. The summed E-state index contributed by atoms with van der Waals surface area (Å²) < 4.78 is 16.4. The molecule has 0 aromatic heterocycles. The topological polar surface area (TPSA) is 27.7 Å². The molecule has 2 aliphatic heterocycles. The van der Waals surface area contributed by atoms with Crippen molar-refractivity contribution >= 4 is 0 Å². The van der Waals surface area contributed by atoms with Crippen LogP contribution in [0.15, 0.2) is 0 Å². The normalized spacial score (nSPS) is 30.5. The highest BCUT2D eigenvalue weighted by atomic mass is 16.9. The smallest absolute Gasteiger partial charge is 0.282 e. The Morgan fingerprint density at radius 3 is 2.00 bits per heavy atom. The molecule has 2 aliphatic rings. The van der Waals surface area contributed by atoms with Gasteiger partial charge >= 0.3 is 0 Å². The van der Waals surface area contributed by atoms with Crippen LogP contribution >= 0.6 is 0 Å². The monoisotopic (exact) mass is 158 g/mol. The standard InChI is InChI=1S/C8H14O3/c1-2-5-9-8(4-1)10-6-3-7-11-8/h1-7H2. The molecule has 1 spiro atoms. The predicted molar refractivity (Wildman–Crippen MR) is 39.1 cm³/mol. The molecule has 0 aromatic carbocycles. The van der Waals surface area contributed by atoms with Crippen LogP contribution in [0.2, 0.25) is 0 Å². The Morgan fingerprint density at radius 2 is 1.36 bits per heavy atom. The van der Waals surface area contributed by atoms with Crippen LogP contribution in [0.4, 0.5) is 0 Å². The average Bonchev–Trinajstić information content (AvgIpc) is 2.07. The molecular weight excluding hydrogens is 144 g/mol. The maximum atomic E-state index is 5.46. The van der Waals surface area contributed by atoms with Gasteiger partial charge in [-0.2, -0.15) is 0 Å². The molecule has 0 amide bonds. The van der Waals surface area contributed by atoms with Gasteiger partial charge in [-0.1, -0.05) is 0 Å². The SMILES string of the molecule is C1CCC2(OC1)OCCCO2. The molecule has 0 aromatic rings. The van der Waals surface area contributed by atoms with Gasteiger partial charge in [0.1, 0.15) is 0 Å². The summed E-state index contributed by atoms with van der Waals surface area (Å²) >= 11 is 0. The number of rotatable bonds is 0. The van der Waals surface area contributed by atoms with Gasteiger partial charge in [-0.05, 0) is 19.3 Å². The van der Waals surface area contributed by atoms with E-state index in [9.17, 15) is 0 Å². The molecular formula is C8H14O3. The first-order chi connectivity index (χ1) is 5.41. The minimum Gasteiger partial charge on any atom is -0.327 e. The Kier molecular flexibility index (Phi) is 2.11. The summed E-state index contributed by atoms with van der Waals surface area (Å²) in [5.74, 6) is -0.642. The second-order valence-electron chi connectivity index (χ2n) is 3.04. The van der Waals surface area contributed by atoms with Crippen LogP contribution in [-0.4, -0.2) is 25.8 Å². The first-order valence-electron chi connectivity index (χ1n) is 4.33. The van der Waals surface area contributed by atoms with E-state index in [0.717, 1.165) is 45.5 Å². The molecule has 2 saturated heterocycles. The van der Waals surface area contributed by atoms with Gasteiger partial charge in [0.2, 0.25) is 0 Å². The average molecular weight is 158 g/mol. The van der Waals surface area contributed by atoms with E-state index < -0.39 is 5.97 Å². The third-order valence-corrected chi connectivity index (χ3v) is 2.13. The number of hydrogen-bond acceptors (Lipinski definition) is 3. The van der Waals surface area contributed by atoms with Gasteiger partial charge in [-0.25, -0.2) is 0 Å². The summed E-state index contributed by atoms with van der Waals surface area (Å²) in [5.41, 5.74) is 0. The van der Waals surface area contributed by atoms with E-state index in [1.165, 1.54) is 0 Å². The molecule has 0 saturated carbocycles. The van der Waals surface area contributed by atoms with E-state index in [4.69, 9.17) is 14.2 Å². The fourth-order valence-corrected chi connectivity index (χ4v) is 1.53. The van der Waals surface area contributed by atoms with Crippen LogP contribution < -0.4 is 0 Å². The third kappa shape index (κ3) is 1.55. The van der Waals surface area contributed by atoms with Crippen LogP contribution in [0.5, 0.6) is 0 Å². The van der Waals surface area contributed by atoms with E-state index in [-0.39, 0.29) is 0 Å². The summed E-state index contributed by atoms with van der Waals surface area (Å²) in [6, 6.07) is 0. The molecule has 11 heavy (non-hydrogen) atoms. The van der Waals surface area contributed by atoms with Crippen LogP contribution in [0, 0.1) is 0 Å². The van der Waals surface area contributed by atoms with Gasteiger partial charge < -0.3 is 14.2 Å². The Bertz CT molecular complexity index is 104. The maximum Gasteiger partial charge on any atom is 0.282 e. The number of hydrogen-bond donors (Lipinski definition) is 0. The fourth-order valence-electron chi connectivity index (χ4n) is 1.53. The summed E-state index contributed by atoms with van der Waals surface area (Å²) in [5, 5.41) is 0. The van der Waals surface area contributed by atoms with E-state index in [2.05, 4.69) is 0 Å². The largest absolute Gasteiger partial charge is 0.327 e. The lowest BCUT2D eigenvalue weighted by Gasteiger charge is -2.38. The van der Waals surface area contributed by atoms with Crippen molar-refractivity contribution in [2.75, 3.05) is 19.8 Å². The van der Waals surface area contributed by atoms with Crippen LogP contribution in [0.1, 0.15) is 25.7 Å². The summed E-state index contributed by atoms with van der Waals surface area (Å²) in [4.78, 5) is 0. The van der Waals surface area contributed by atoms with E-state index >= 15 is 0 Å². The number of ether oxygens (including phenoxy) is 3. The predicted octanol–water partition coefficient (Wildman–Crippen LogP) is 1.28. The van der Waals surface area contributed by atoms with Gasteiger partial charge in [-0.3, -0.25) is 0 Å². The van der Waals surface area contributed by atoms with Crippen molar-refractivity contribution in [3.8, 4) is 0 Å². The molecule has 0 aliphatic carbocycles. The van der Waals surface area contributed by atoms with Gasteiger partial charge in [-0.15, -0.1) is 0 Å². The van der Waals surface area contributed by atoms with Gasteiger partial charge in [0, 0.05) is 6.42 Å². The molecule has 2 heterocycles. The van der Waals surface area contributed by atoms with Gasteiger partial charge in [0.15, 0.2) is 0 Å². The van der Waals surface area contributed by atoms with Crippen molar-refractivity contribution < 1.29 is 14.2 Å². The zero-order valence-electron chi connectivity index (χ0n) is 6.67. The van der Waals surface area contributed by atoms with Crippen molar-refractivity contribution in [1.29, 1.82) is 0 Å². The van der Waals surface area contributed by atoms with E-state index in [0.29, 0.717) is 0 Å². The Morgan fingerprint density at radius 1 is 0.727 bits per heavy atom. The second kappa shape index (κ2) is 3.09. The molecule has 0 atom stereocenters. The van der Waals surface area contributed by atoms with Crippen molar-refractivity contribution in [2.24, 2.45) is 0 Å². The van der Waals surface area contributed by atoms with Crippen LogP contribution in [-0.2, 0) is 14.2 Å². The van der Waals surface area contributed by atoms with E-state index in [1.54, 1.807) is 0 Å². The molecule has 64 valence electrons. The molecule has 0 N–H and O–H groups in total. The molecule has 2 rings (SSSR count). The molecule has 3 heteroatoms. The first kappa shape index (κ1) is 7.53. The third-order valence-electron chi connectivity index (χ3n) is 2.13. The van der Waals surface area contributed by atoms with Crippen molar-refractivity contribution in [3.05, 3.63) is 0 Å². The molecule has 3 nitrogen and oxygen atoms in total. The second-order valence-corrected chi connectivity index (χ2v) is 3.04. The summed E-state index contributed by atoms with van der Waals surface area (Å²) in [6.07, 6.45) is 4.17. The Hall–Kier alpha value is -0.120. The van der Waals surface area contributed by atoms with Crippen molar-refractivity contribution in [2.45, 2.75) is 31.7 Å². The molecule has 0 bridgehead atoms. The van der Waals surface area contributed by atoms with Crippen LogP contribution in [0.25, 0.3) is 0 Å². The maximum absolute atomic E-state index is 5.46. The fraction of sp³-hybridized carbons (Fsp3) is 1.00. The Balaban J connectivity index is 1.94. The highest BCUT2D eigenvalue weighted by Crippen LogP contribution is 2.29. The summed E-state index contributed by atoms with van der Waals surface area (Å²) in [7, 11) is 0. The zero-order valence-corrected chi connectivity index (χ0v) is 6.67. The minimum absolute atomic E-state index is 0.642. The van der Waals surface area contributed by atoms with Crippen molar-refractivity contribution in [1.82, 2.24) is 0 Å². The summed E-state index contributed by atoms with van der Waals surface area (Å²) in [6.45, 7) is 2.33. The quantitative estimate of drug-likeness (QED) is 0.531. The lowest BCUT2D eigenvalue weighted by atomic mass is 10.1. The Labute approximate surface area is 66.6 Å². The van der Waals surface area contributed by atoms with Crippen molar-refractivity contribution in [3.63, 3.8) is 0 Å². The highest BCUT2D eigenvalue weighted by molar-refractivity contribution is 4.66. The van der Waals surface area contributed by atoms with Gasteiger partial charge in [0.05, 0.1) is 19.8 Å². The zero-order chi connectivity index (χ0) is 7.57. The molecule has 2 fully saturated rings. The van der Waals surface area contributed by atoms with Gasteiger partial charge in [0.25, 0.3) is 5.97 Å². The van der Waals surface area contributed by atoms with Crippen LogP contribution in [0.3, 0.4) is 0 Å².